The molecule has 4 saturated heterocycles. The van der Waals surface area contributed by atoms with Gasteiger partial charge in [0.05, 0.1) is 0 Å². The maximum absolute atomic E-state index is 11.3. The lowest BCUT2D eigenvalue weighted by molar-refractivity contribution is 0.218. The van der Waals surface area contributed by atoms with Crippen molar-refractivity contribution >= 4 is 63.4 Å². The smallest absolute Gasteiger partial charge is 0.316 e. The van der Waals surface area contributed by atoms with Gasteiger partial charge in [0.25, 0.3) is 0 Å². The highest BCUT2D eigenvalue weighted by Crippen LogP contribution is 2.41. The summed E-state index contributed by atoms with van der Waals surface area (Å²) >= 11 is 30.1. The molecule has 4 fully saturated rings. The van der Waals surface area contributed by atoms with Crippen molar-refractivity contribution in [3.8, 4) is 0 Å². The quantitative estimate of drug-likeness (QED) is 0.281. The highest BCUT2D eigenvalue weighted by molar-refractivity contribution is 6.62. The van der Waals surface area contributed by atoms with E-state index < -0.39 is 0 Å². The van der Waals surface area contributed by atoms with Gasteiger partial charge in [0, 0.05) is 71.3 Å². The van der Waals surface area contributed by atoms with Crippen LogP contribution in [0, 0.1) is 10.8 Å². The first kappa shape index (κ1) is 29.7. The molecule has 0 saturated carbocycles. The standard InChI is InChI=1S/C15H17Cl3N2O.C14H18Cl2N2/c16-12-1-2-13(17)11(7-12)8-19-5-3-15(9-19)4-6-20(10-15)14(18)21;15-12-1-2-13(16)11(7-12)8-18-6-4-14(10-18)3-5-17-9-14/h1-2,7H,3-6,8-10H2;1-2,7,17H,3-6,8-10H2. The summed E-state index contributed by atoms with van der Waals surface area (Å²) < 4.78 is 0. The minimum Gasteiger partial charge on any atom is -0.329 e. The van der Waals surface area contributed by atoms with E-state index in [1.807, 2.05) is 30.3 Å². The van der Waals surface area contributed by atoms with Gasteiger partial charge in [-0.15, -0.1) is 0 Å². The molecular formula is C29H35Cl5N4O. The van der Waals surface area contributed by atoms with Crippen molar-refractivity contribution in [2.24, 2.45) is 10.8 Å². The molecule has 0 radical (unpaired) electrons. The molecule has 0 aromatic heterocycles. The normalized spacial score (nSPS) is 27.1. The van der Waals surface area contributed by atoms with E-state index in [0.717, 1.165) is 78.3 Å². The number of carbonyl (C=O) groups excluding carboxylic acids is 1. The monoisotopic (exact) mass is 630 g/mol. The molecule has 4 aliphatic heterocycles. The van der Waals surface area contributed by atoms with Crippen molar-refractivity contribution < 1.29 is 4.79 Å². The number of nitrogens with zero attached hydrogens (tertiary/aromatic N) is 3. The number of carbonyl (C=O) groups is 1. The summed E-state index contributed by atoms with van der Waals surface area (Å²) in [5, 5.41) is 6.21. The Morgan fingerprint density at radius 1 is 0.744 bits per heavy atom. The Hall–Kier alpha value is -0.760. The van der Waals surface area contributed by atoms with Gasteiger partial charge in [-0.2, -0.15) is 0 Å². The summed E-state index contributed by atoms with van der Waals surface area (Å²) in [4.78, 5) is 17.9. The van der Waals surface area contributed by atoms with Crippen LogP contribution in [0.25, 0.3) is 0 Å². The van der Waals surface area contributed by atoms with Crippen LogP contribution in [0.15, 0.2) is 36.4 Å². The van der Waals surface area contributed by atoms with E-state index >= 15 is 0 Å². The number of hydrogen-bond acceptors (Lipinski definition) is 4. The molecule has 2 aromatic carbocycles. The molecule has 4 heterocycles. The second kappa shape index (κ2) is 12.6. The second-order valence-corrected chi connectivity index (χ2v) is 13.8. The van der Waals surface area contributed by atoms with Gasteiger partial charge in [-0.1, -0.05) is 46.4 Å². The van der Waals surface area contributed by atoms with Crippen LogP contribution in [0.4, 0.5) is 4.79 Å². The molecule has 1 amide bonds. The van der Waals surface area contributed by atoms with Crippen LogP contribution in [-0.4, -0.2) is 72.4 Å². The maximum Gasteiger partial charge on any atom is 0.316 e. The SMILES string of the molecule is Clc1ccc(Cl)c(CN2CCC3(CCNC3)C2)c1.O=C(Cl)N1CCC2(CCN(Cc3cc(Cl)ccc3Cl)C2)C1. The molecule has 2 spiro atoms. The van der Waals surface area contributed by atoms with Gasteiger partial charge >= 0.3 is 5.37 Å². The van der Waals surface area contributed by atoms with Crippen molar-refractivity contribution in [2.75, 3.05) is 52.4 Å². The fraction of sp³-hybridized carbons (Fsp3) is 0.552. The maximum atomic E-state index is 11.3. The average Bonchev–Trinajstić information content (AvgIpc) is 3.70. The molecule has 6 rings (SSSR count). The van der Waals surface area contributed by atoms with Crippen LogP contribution in [0.5, 0.6) is 0 Å². The number of hydrogen-bond donors (Lipinski definition) is 1. The molecule has 2 atom stereocenters. The molecule has 0 bridgehead atoms. The van der Waals surface area contributed by atoms with Crippen LogP contribution in [0.3, 0.4) is 0 Å². The third-order valence-corrected chi connectivity index (χ3v) is 10.3. The van der Waals surface area contributed by atoms with E-state index in [1.165, 1.54) is 39.0 Å². The Bertz CT molecular complexity index is 1190. The highest BCUT2D eigenvalue weighted by atomic mass is 35.5. The molecule has 10 heteroatoms. The third-order valence-electron chi connectivity index (χ3n) is 8.86. The van der Waals surface area contributed by atoms with Crippen molar-refractivity contribution in [2.45, 2.75) is 38.8 Å². The molecule has 2 aromatic rings. The van der Waals surface area contributed by atoms with Crippen molar-refractivity contribution in [1.29, 1.82) is 0 Å². The van der Waals surface area contributed by atoms with Crippen LogP contribution < -0.4 is 5.32 Å². The largest absolute Gasteiger partial charge is 0.329 e. The number of rotatable bonds is 4. The Morgan fingerprint density at radius 2 is 1.28 bits per heavy atom. The van der Waals surface area contributed by atoms with Gasteiger partial charge in [0.15, 0.2) is 0 Å². The molecular weight excluding hydrogens is 598 g/mol. The first-order valence-electron chi connectivity index (χ1n) is 13.6. The topological polar surface area (TPSA) is 38.8 Å². The summed E-state index contributed by atoms with van der Waals surface area (Å²) in [7, 11) is 0. The molecule has 212 valence electrons. The van der Waals surface area contributed by atoms with Crippen molar-refractivity contribution in [3.05, 3.63) is 67.6 Å². The zero-order chi connectivity index (χ0) is 27.6. The summed E-state index contributed by atoms with van der Waals surface area (Å²) in [6, 6.07) is 11.3. The first-order chi connectivity index (χ1) is 18.6. The van der Waals surface area contributed by atoms with E-state index in [-0.39, 0.29) is 10.8 Å². The Labute approximate surface area is 256 Å². The Balaban J connectivity index is 0.000000160. The Morgan fingerprint density at radius 3 is 1.79 bits per heavy atom. The van der Waals surface area contributed by atoms with Crippen LogP contribution in [0.1, 0.15) is 36.8 Å². The number of benzene rings is 2. The van der Waals surface area contributed by atoms with Crippen LogP contribution in [-0.2, 0) is 13.1 Å². The lowest BCUT2D eigenvalue weighted by atomic mass is 9.86. The van der Waals surface area contributed by atoms with Crippen molar-refractivity contribution in [1.82, 2.24) is 20.0 Å². The number of nitrogens with one attached hydrogen (secondary N) is 1. The average molecular weight is 633 g/mol. The van der Waals surface area contributed by atoms with Gasteiger partial charge < -0.3 is 10.2 Å². The van der Waals surface area contributed by atoms with E-state index in [2.05, 4.69) is 15.1 Å². The van der Waals surface area contributed by atoms with E-state index in [9.17, 15) is 4.79 Å². The second-order valence-electron chi connectivity index (χ2n) is 11.7. The Kier molecular flexibility index (Phi) is 9.62. The fourth-order valence-corrected chi connectivity index (χ4v) is 7.59. The van der Waals surface area contributed by atoms with Crippen molar-refractivity contribution in [3.63, 3.8) is 0 Å². The third kappa shape index (κ3) is 7.37. The predicted octanol–water partition coefficient (Wildman–Crippen LogP) is 7.43. The minimum absolute atomic E-state index is 0.204. The molecule has 5 nitrogen and oxygen atoms in total. The molecule has 2 unspecified atom stereocenters. The summed E-state index contributed by atoms with van der Waals surface area (Å²) in [5.74, 6) is 0. The minimum atomic E-state index is -0.330. The number of likely N-dealkylation sites (tertiary alicyclic amines) is 3. The van der Waals surface area contributed by atoms with Crippen LogP contribution >= 0.6 is 58.0 Å². The predicted molar refractivity (Wildman–Crippen MR) is 163 cm³/mol. The molecule has 4 aliphatic rings. The van der Waals surface area contributed by atoms with Gasteiger partial charge in [0.2, 0.25) is 0 Å². The van der Waals surface area contributed by atoms with Crippen LogP contribution in [0.2, 0.25) is 20.1 Å². The lowest BCUT2D eigenvalue weighted by Gasteiger charge is -2.24. The van der Waals surface area contributed by atoms with Gasteiger partial charge in [-0.05, 0) is 110 Å². The summed E-state index contributed by atoms with van der Waals surface area (Å²) in [6.07, 6.45) is 4.75. The zero-order valence-corrected chi connectivity index (χ0v) is 25.8. The molecule has 39 heavy (non-hydrogen) atoms. The van der Waals surface area contributed by atoms with Gasteiger partial charge in [0.1, 0.15) is 0 Å². The summed E-state index contributed by atoms with van der Waals surface area (Å²) in [6.45, 7) is 9.97. The lowest BCUT2D eigenvalue weighted by Crippen LogP contribution is -2.31. The highest BCUT2D eigenvalue weighted by Gasteiger charge is 2.44. The van der Waals surface area contributed by atoms with E-state index in [0.29, 0.717) is 10.4 Å². The molecule has 1 N–H and O–H groups in total. The fourth-order valence-electron chi connectivity index (χ4n) is 6.70. The van der Waals surface area contributed by atoms with Gasteiger partial charge in [-0.25, -0.2) is 0 Å². The zero-order valence-electron chi connectivity index (χ0n) is 22.0. The molecule has 0 aliphatic carbocycles. The van der Waals surface area contributed by atoms with E-state index in [1.54, 1.807) is 11.0 Å². The summed E-state index contributed by atoms with van der Waals surface area (Å²) in [5.41, 5.74) is 2.93. The van der Waals surface area contributed by atoms with Gasteiger partial charge in [-0.3, -0.25) is 14.6 Å². The number of halogens is 5. The van der Waals surface area contributed by atoms with E-state index in [4.69, 9.17) is 58.0 Å². The first-order valence-corrected chi connectivity index (χ1v) is 15.5. The number of amides is 1.